The van der Waals surface area contributed by atoms with Crippen molar-refractivity contribution >= 4 is 17.5 Å². The molecule has 2 rings (SSSR count). The Morgan fingerprint density at radius 3 is 2.47 bits per heavy atom. The summed E-state index contributed by atoms with van der Waals surface area (Å²) in [6.45, 7) is 7.97. The highest BCUT2D eigenvalue weighted by Crippen LogP contribution is 2.32. The van der Waals surface area contributed by atoms with Crippen molar-refractivity contribution in [3.05, 3.63) is 34.9 Å². The number of rotatable bonds is 3. The molecule has 0 aromatic heterocycles. The highest BCUT2D eigenvalue weighted by atomic mass is 35.5. The first-order valence-electron chi connectivity index (χ1n) is 6.97. The maximum absolute atomic E-state index is 11.6. The van der Waals surface area contributed by atoms with E-state index in [0.717, 1.165) is 24.5 Å². The van der Waals surface area contributed by atoms with E-state index < -0.39 is 0 Å². The normalized spacial score (nSPS) is 23.1. The second-order valence-corrected chi connectivity index (χ2v) is 6.36. The van der Waals surface area contributed by atoms with E-state index in [1.807, 2.05) is 17.0 Å². The van der Waals surface area contributed by atoms with Gasteiger partial charge in [0.15, 0.2) is 0 Å². The molecule has 1 aromatic carbocycles. The Morgan fingerprint density at radius 1 is 1.32 bits per heavy atom. The van der Waals surface area contributed by atoms with Gasteiger partial charge >= 0.3 is 0 Å². The van der Waals surface area contributed by atoms with E-state index in [0.29, 0.717) is 17.8 Å². The van der Waals surface area contributed by atoms with Gasteiger partial charge in [-0.25, -0.2) is 0 Å². The molecule has 1 heterocycles. The third kappa shape index (κ3) is 3.50. The van der Waals surface area contributed by atoms with Gasteiger partial charge in [-0.2, -0.15) is 0 Å². The van der Waals surface area contributed by atoms with Crippen LogP contribution >= 0.6 is 11.6 Å². The van der Waals surface area contributed by atoms with Crippen LogP contribution < -0.4 is 0 Å². The van der Waals surface area contributed by atoms with E-state index in [9.17, 15) is 4.79 Å². The van der Waals surface area contributed by atoms with Gasteiger partial charge in [0.2, 0.25) is 5.91 Å². The standard InChI is InChI=1S/C16H22ClNO/c1-11(2)16-10-18(12(3)19)9-14(16)8-13-4-6-15(17)7-5-13/h4-7,11,14,16H,8-10H2,1-3H3/t14-,16+/m0/s1. The van der Waals surface area contributed by atoms with Crippen molar-refractivity contribution in [3.63, 3.8) is 0 Å². The minimum absolute atomic E-state index is 0.198. The fraction of sp³-hybridized carbons (Fsp3) is 0.562. The van der Waals surface area contributed by atoms with Gasteiger partial charge in [-0.1, -0.05) is 37.6 Å². The average Bonchev–Trinajstić information content (AvgIpc) is 2.76. The maximum Gasteiger partial charge on any atom is 0.219 e. The number of amides is 1. The minimum atomic E-state index is 0.198. The summed E-state index contributed by atoms with van der Waals surface area (Å²) < 4.78 is 0. The lowest BCUT2D eigenvalue weighted by Gasteiger charge is -2.21. The second-order valence-electron chi connectivity index (χ2n) is 5.92. The van der Waals surface area contributed by atoms with Crippen LogP contribution in [0, 0.1) is 17.8 Å². The molecular weight excluding hydrogens is 258 g/mol. The SMILES string of the molecule is CC(=O)N1C[C@H](Cc2ccc(Cl)cc2)[C@@H](C(C)C)C1. The van der Waals surface area contributed by atoms with Crippen LogP contribution in [0.4, 0.5) is 0 Å². The zero-order valence-corrected chi connectivity index (χ0v) is 12.7. The fourth-order valence-electron chi connectivity index (χ4n) is 3.05. The fourth-order valence-corrected chi connectivity index (χ4v) is 3.17. The molecule has 0 bridgehead atoms. The molecule has 0 aliphatic carbocycles. The quantitative estimate of drug-likeness (QED) is 0.827. The van der Waals surface area contributed by atoms with Crippen LogP contribution in [0.15, 0.2) is 24.3 Å². The molecule has 1 fully saturated rings. The Balaban J connectivity index is 2.08. The van der Waals surface area contributed by atoms with Crippen LogP contribution in [0.5, 0.6) is 0 Å². The van der Waals surface area contributed by atoms with Crippen molar-refractivity contribution in [2.75, 3.05) is 13.1 Å². The highest BCUT2D eigenvalue weighted by Gasteiger charge is 2.35. The number of nitrogens with zero attached hydrogens (tertiary/aromatic N) is 1. The van der Waals surface area contributed by atoms with Gasteiger partial charge in [-0.15, -0.1) is 0 Å². The molecule has 0 N–H and O–H groups in total. The molecule has 0 spiro atoms. The first kappa shape index (κ1) is 14.4. The van der Waals surface area contributed by atoms with Gasteiger partial charge in [0.1, 0.15) is 0 Å². The molecule has 1 saturated heterocycles. The third-order valence-corrected chi connectivity index (χ3v) is 4.46. The summed E-state index contributed by atoms with van der Waals surface area (Å²) in [5.74, 6) is 1.97. The van der Waals surface area contributed by atoms with Crippen LogP contribution in [0.3, 0.4) is 0 Å². The second kappa shape index (κ2) is 5.96. The molecule has 1 aromatic rings. The lowest BCUT2D eigenvalue weighted by molar-refractivity contribution is -0.128. The molecule has 1 aliphatic heterocycles. The van der Waals surface area contributed by atoms with E-state index in [1.54, 1.807) is 6.92 Å². The lowest BCUT2D eigenvalue weighted by Crippen LogP contribution is -2.26. The van der Waals surface area contributed by atoms with E-state index in [-0.39, 0.29) is 5.91 Å². The molecule has 1 amide bonds. The van der Waals surface area contributed by atoms with E-state index >= 15 is 0 Å². The van der Waals surface area contributed by atoms with E-state index in [2.05, 4.69) is 26.0 Å². The zero-order chi connectivity index (χ0) is 14.0. The minimum Gasteiger partial charge on any atom is -0.342 e. The van der Waals surface area contributed by atoms with E-state index in [4.69, 9.17) is 11.6 Å². The number of benzene rings is 1. The summed E-state index contributed by atoms with van der Waals surface area (Å²) in [5.41, 5.74) is 1.31. The summed E-state index contributed by atoms with van der Waals surface area (Å²) in [6.07, 6.45) is 1.03. The van der Waals surface area contributed by atoms with Crippen molar-refractivity contribution in [2.45, 2.75) is 27.2 Å². The summed E-state index contributed by atoms with van der Waals surface area (Å²) in [6, 6.07) is 8.07. The van der Waals surface area contributed by atoms with Gasteiger partial charge in [0.25, 0.3) is 0 Å². The first-order chi connectivity index (χ1) is 8.97. The van der Waals surface area contributed by atoms with Crippen LogP contribution in [-0.2, 0) is 11.2 Å². The maximum atomic E-state index is 11.6. The van der Waals surface area contributed by atoms with Crippen LogP contribution in [0.1, 0.15) is 26.3 Å². The lowest BCUT2D eigenvalue weighted by atomic mass is 9.82. The molecule has 2 atom stereocenters. The Hall–Kier alpha value is -1.02. The van der Waals surface area contributed by atoms with Crippen LogP contribution in [-0.4, -0.2) is 23.9 Å². The Kier molecular flexibility index (Phi) is 4.51. The number of likely N-dealkylation sites (tertiary alicyclic amines) is 1. The van der Waals surface area contributed by atoms with Gasteiger partial charge in [0, 0.05) is 25.0 Å². The number of hydrogen-bond acceptors (Lipinski definition) is 1. The van der Waals surface area contributed by atoms with Crippen molar-refractivity contribution in [3.8, 4) is 0 Å². The highest BCUT2D eigenvalue weighted by molar-refractivity contribution is 6.30. The molecule has 3 heteroatoms. The third-order valence-electron chi connectivity index (χ3n) is 4.20. The predicted molar refractivity (Wildman–Crippen MR) is 79.2 cm³/mol. The van der Waals surface area contributed by atoms with Crippen molar-refractivity contribution in [2.24, 2.45) is 17.8 Å². The van der Waals surface area contributed by atoms with Crippen LogP contribution in [0.2, 0.25) is 5.02 Å². The number of carbonyl (C=O) groups excluding carboxylic acids is 1. The van der Waals surface area contributed by atoms with Gasteiger partial charge in [-0.05, 0) is 41.9 Å². The molecule has 1 aliphatic rings. The van der Waals surface area contributed by atoms with Crippen molar-refractivity contribution in [1.29, 1.82) is 0 Å². The summed E-state index contributed by atoms with van der Waals surface area (Å²) in [5, 5.41) is 0.779. The molecule has 19 heavy (non-hydrogen) atoms. The smallest absolute Gasteiger partial charge is 0.219 e. The Labute approximate surface area is 120 Å². The largest absolute Gasteiger partial charge is 0.342 e. The number of hydrogen-bond donors (Lipinski definition) is 0. The van der Waals surface area contributed by atoms with E-state index in [1.165, 1.54) is 5.56 Å². The first-order valence-corrected chi connectivity index (χ1v) is 7.35. The summed E-state index contributed by atoms with van der Waals surface area (Å²) >= 11 is 5.92. The van der Waals surface area contributed by atoms with Gasteiger partial charge in [0.05, 0.1) is 0 Å². The molecule has 104 valence electrons. The van der Waals surface area contributed by atoms with Gasteiger partial charge in [-0.3, -0.25) is 4.79 Å². The van der Waals surface area contributed by atoms with Crippen LogP contribution in [0.25, 0.3) is 0 Å². The summed E-state index contributed by atoms with van der Waals surface area (Å²) in [7, 11) is 0. The predicted octanol–water partition coefficient (Wildman–Crippen LogP) is 3.63. The average molecular weight is 280 g/mol. The molecule has 0 radical (unpaired) electrons. The number of carbonyl (C=O) groups is 1. The topological polar surface area (TPSA) is 20.3 Å². The molecule has 0 saturated carbocycles. The van der Waals surface area contributed by atoms with Gasteiger partial charge < -0.3 is 4.90 Å². The van der Waals surface area contributed by atoms with Crippen molar-refractivity contribution < 1.29 is 4.79 Å². The number of halogens is 1. The molecule has 0 unspecified atom stereocenters. The molecule has 2 nitrogen and oxygen atoms in total. The Morgan fingerprint density at radius 2 is 1.95 bits per heavy atom. The summed E-state index contributed by atoms with van der Waals surface area (Å²) in [4.78, 5) is 13.6. The monoisotopic (exact) mass is 279 g/mol. The zero-order valence-electron chi connectivity index (χ0n) is 11.9. The molecular formula is C16H22ClNO. The Bertz CT molecular complexity index is 441. The van der Waals surface area contributed by atoms with Crippen molar-refractivity contribution in [1.82, 2.24) is 4.90 Å².